The SMILES string of the molecule is CC[C@@H]1CNC[C@]1(C)C(=O)O. The van der Waals surface area contributed by atoms with E-state index >= 15 is 0 Å². The number of nitrogens with one attached hydrogen (secondary N) is 1. The fourth-order valence-corrected chi connectivity index (χ4v) is 1.72. The highest BCUT2D eigenvalue weighted by atomic mass is 16.4. The zero-order valence-electron chi connectivity index (χ0n) is 7.05. The second-order valence-electron chi connectivity index (χ2n) is 3.46. The van der Waals surface area contributed by atoms with Gasteiger partial charge in [0.05, 0.1) is 5.41 Å². The van der Waals surface area contributed by atoms with Gasteiger partial charge in [-0.25, -0.2) is 0 Å². The van der Waals surface area contributed by atoms with E-state index in [1.807, 2.05) is 13.8 Å². The fraction of sp³-hybridized carbons (Fsp3) is 0.875. The Kier molecular flexibility index (Phi) is 2.18. The third-order valence-electron chi connectivity index (χ3n) is 2.77. The first-order chi connectivity index (χ1) is 5.11. The van der Waals surface area contributed by atoms with Crippen molar-refractivity contribution in [1.29, 1.82) is 0 Å². The molecule has 2 N–H and O–H groups in total. The van der Waals surface area contributed by atoms with E-state index in [0.29, 0.717) is 12.5 Å². The maximum absolute atomic E-state index is 10.9. The predicted molar refractivity (Wildman–Crippen MR) is 42.4 cm³/mol. The molecule has 1 aliphatic heterocycles. The van der Waals surface area contributed by atoms with Crippen molar-refractivity contribution in [2.75, 3.05) is 13.1 Å². The van der Waals surface area contributed by atoms with Crippen LogP contribution in [0.4, 0.5) is 0 Å². The average molecular weight is 157 g/mol. The van der Waals surface area contributed by atoms with Crippen LogP contribution in [0.3, 0.4) is 0 Å². The highest BCUT2D eigenvalue weighted by Crippen LogP contribution is 2.33. The molecule has 0 aliphatic carbocycles. The second-order valence-corrected chi connectivity index (χ2v) is 3.46. The van der Waals surface area contributed by atoms with Gasteiger partial charge >= 0.3 is 5.97 Å². The van der Waals surface area contributed by atoms with Crippen LogP contribution in [-0.2, 0) is 4.79 Å². The molecule has 64 valence electrons. The van der Waals surface area contributed by atoms with Crippen molar-refractivity contribution in [2.45, 2.75) is 20.3 Å². The molecule has 0 amide bonds. The summed E-state index contributed by atoms with van der Waals surface area (Å²) in [4.78, 5) is 10.9. The zero-order valence-corrected chi connectivity index (χ0v) is 7.05. The first-order valence-electron chi connectivity index (χ1n) is 4.05. The monoisotopic (exact) mass is 157 g/mol. The van der Waals surface area contributed by atoms with Gasteiger partial charge in [-0.15, -0.1) is 0 Å². The van der Waals surface area contributed by atoms with Crippen molar-refractivity contribution in [3.63, 3.8) is 0 Å². The van der Waals surface area contributed by atoms with Crippen LogP contribution in [0.1, 0.15) is 20.3 Å². The summed E-state index contributed by atoms with van der Waals surface area (Å²) < 4.78 is 0. The summed E-state index contributed by atoms with van der Waals surface area (Å²) in [6.07, 6.45) is 0.940. The molecular weight excluding hydrogens is 142 g/mol. The van der Waals surface area contributed by atoms with Gasteiger partial charge < -0.3 is 10.4 Å². The molecule has 3 heteroatoms. The Labute approximate surface area is 66.8 Å². The Morgan fingerprint density at radius 2 is 2.45 bits per heavy atom. The maximum Gasteiger partial charge on any atom is 0.310 e. The molecule has 0 spiro atoms. The van der Waals surface area contributed by atoms with Crippen LogP contribution in [0.25, 0.3) is 0 Å². The van der Waals surface area contributed by atoms with E-state index < -0.39 is 11.4 Å². The van der Waals surface area contributed by atoms with E-state index in [2.05, 4.69) is 5.32 Å². The van der Waals surface area contributed by atoms with Crippen LogP contribution in [-0.4, -0.2) is 24.2 Å². The maximum atomic E-state index is 10.9. The van der Waals surface area contributed by atoms with Crippen LogP contribution in [0.5, 0.6) is 0 Å². The Hall–Kier alpha value is -0.570. The number of carbonyl (C=O) groups is 1. The van der Waals surface area contributed by atoms with Gasteiger partial charge in [0.2, 0.25) is 0 Å². The van der Waals surface area contributed by atoms with E-state index in [1.54, 1.807) is 0 Å². The lowest BCUT2D eigenvalue weighted by molar-refractivity contribution is -0.149. The van der Waals surface area contributed by atoms with Gasteiger partial charge in [-0.1, -0.05) is 13.3 Å². The lowest BCUT2D eigenvalue weighted by Crippen LogP contribution is -2.35. The molecule has 11 heavy (non-hydrogen) atoms. The van der Waals surface area contributed by atoms with Crippen LogP contribution < -0.4 is 5.32 Å². The van der Waals surface area contributed by atoms with Gasteiger partial charge in [0.15, 0.2) is 0 Å². The molecule has 1 fully saturated rings. The van der Waals surface area contributed by atoms with Crippen molar-refractivity contribution in [1.82, 2.24) is 5.32 Å². The number of carboxylic acid groups (broad SMARTS) is 1. The van der Waals surface area contributed by atoms with E-state index in [9.17, 15) is 4.79 Å². The predicted octanol–water partition coefficient (Wildman–Crippen LogP) is 0.707. The zero-order chi connectivity index (χ0) is 8.48. The van der Waals surface area contributed by atoms with Gasteiger partial charge in [0, 0.05) is 6.54 Å². The van der Waals surface area contributed by atoms with E-state index in [-0.39, 0.29) is 0 Å². The second kappa shape index (κ2) is 2.81. The molecule has 0 aromatic carbocycles. The van der Waals surface area contributed by atoms with Crippen molar-refractivity contribution < 1.29 is 9.90 Å². The number of carboxylic acids is 1. The molecule has 2 atom stereocenters. The van der Waals surface area contributed by atoms with Gasteiger partial charge in [-0.3, -0.25) is 4.79 Å². The molecule has 3 nitrogen and oxygen atoms in total. The van der Waals surface area contributed by atoms with Crippen molar-refractivity contribution >= 4 is 5.97 Å². The molecule has 1 aliphatic rings. The highest BCUT2D eigenvalue weighted by molar-refractivity contribution is 5.75. The lowest BCUT2D eigenvalue weighted by atomic mass is 9.79. The fourth-order valence-electron chi connectivity index (χ4n) is 1.72. The van der Waals surface area contributed by atoms with E-state index in [4.69, 9.17) is 5.11 Å². The summed E-state index contributed by atoms with van der Waals surface area (Å²) in [6.45, 7) is 5.32. The Morgan fingerprint density at radius 1 is 1.82 bits per heavy atom. The minimum atomic E-state index is -0.672. The number of rotatable bonds is 2. The summed E-state index contributed by atoms with van der Waals surface area (Å²) in [6, 6.07) is 0. The van der Waals surface area contributed by atoms with Crippen LogP contribution >= 0.6 is 0 Å². The highest BCUT2D eigenvalue weighted by Gasteiger charge is 2.43. The molecule has 0 unspecified atom stereocenters. The number of hydrogen-bond donors (Lipinski definition) is 2. The molecule has 0 saturated carbocycles. The normalized spacial score (nSPS) is 37.5. The summed E-state index contributed by atoms with van der Waals surface area (Å²) in [5.41, 5.74) is -0.533. The van der Waals surface area contributed by atoms with Crippen LogP contribution in [0, 0.1) is 11.3 Å². The minimum Gasteiger partial charge on any atom is -0.481 e. The minimum absolute atomic E-state index is 0.292. The van der Waals surface area contributed by atoms with Gasteiger partial charge in [0.25, 0.3) is 0 Å². The van der Waals surface area contributed by atoms with Gasteiger partial charge in [-0.2, -0.15) is 0 Å². The molecule has 1 saturated heterocycles. The standard InChI is InChI=1S/C8H15NO2/c1-3-6-4-9-5-8(6,2)7(10)11/h6,9H,3-5H2,1-2H3,(H,10,11)/t6-,8+/m1/s1. The van der Waals surface area contributed by atoms with Crippen LogP contribution in [0.15, 0.2) is 0 Å². The summed E-state index contributed by atoms with van der Waals surface area (Å²) in [5.74, 6) is -0.380. The van der Waals surface area contributed by atoms with Crippen molar-refractivity contribution in [3.05, 3.63) is 0 Å². The Bertz CT molecular complexity index is 169. The molecular formula is C8H15NO2. The largest absolute Gasteiger partial charge is 0.481 e. The third kappa shape index (κ3) is 1.25. The van der Waals surface area contributed by atoms with Gasteiger partial charge in [-0.05, 0) is 19.4 Å². The van der Waals surface area contributed by atoms with E-state index in [0.717, 1.165) is 13.0 Å². The topological polar surface area (TPSA) is 49.3 Å². The lowest BCUT2D eigenvalue weighted by Gasteiger charge is -2.24. The van der Waals surface area contributed by atoms with Crippen molar-refractivity contribution in [3.8, 4) is 0 Å². The van der Waals surface area contributed by atoms with Gasteiger partial charge in [0.1, 0.15) is 0 Å². The first-order valence-corrected chi connectivity index (χ1v) is 4.05. The molecule has 1 rings (SSSR count). The number of hydrogen-bond acceptors (Lipinski definition) is 2. The molecule has 0 bridgehead atoms. The van der Waals surface area contributed by atoms with Crippen molar-refractivity contribution in [2.24, 2.45) is 11.3 Å². The van der Waals surface area contributed by atoms with Crippen LogP contribution in [0.2, 0.25) is 0 Å². The third-order valence-corrected chi connectivity index (χ3v) is 2.77. The Morgan fingerprint density at radius 3 is 2.82 bits per heavy atom. The van der Waals surface area contributed by atoms with E-state index in [1.165, 1.54) is 0 Å². The summed E-state index contributed by atoms with van der Waals surface area (Å²) >= 11 is 0. The first kappa shape index (κ1) is 8.53. The number of aliphatic carboxylic acids is 1. The molecule has 0 aromatic heterocycles. The molecule has 0 aromatic rings. The molecule has 1 heterocycles. The molecule has 0 radical (unpaired) electrons. The smallest absolute Gasteiger partial charge is 0.310 e. The quantitative estimate of drug-likeness (QED) is 0.620. The summed E-state index contributed by atoms with van der Waals surface area (Å²) in [7, 11) is 0. The summed E-state index contributed by atoms with van der Waals surface area (Å²) in [5, 5.41) is 12.0. The Balaban J connectivity index is 2.75. The average Bonchev–Trinajstić information content (AvgIpc) is 2.32.